The maximum absolute atomic E-state index is 12.2. The summed E-state index contributed by atoms with van der Waals surface area (Å²) in [6.45, 7) is 8.30. The van der Waals surface area contributed by atoms with Crippen LogP contribution in [0.4, 0.5) is 0 Å². The largest absolute Gasteiger partial charge is 0.357 e. The fourth-order valence-electron chi connectivity index (χ4n) is 2.25. The van der Waals surface area contributed by atoms with E-state index in [0.717, 1.165) is 25.4 Å². The van der Waals surface area contributed by atoms with Gasteiger partial charge in [0, 0.05) is 19.6 Å². The van der Waals surface area contributed by atoms with Crippen LogP contribution in [-0.2, 0) is 9.84 Å². The zero-order valence-electron chi connectivity index (χ0n) is 15.5. The van der Waals surface area contributed by atoms with E-state index in [1.165, 1.54) is 12.8 Å². The van der Waals surface area contributed by atoms with Gasteiger partial charge in [0.05, 0.1) is 10.6 Å². The number of unbranched alkanes of at least 4 members (excludes halogenated alkanes) is 1. The Labute approximate surface area is 170 Å². The van der Waals surface area contributed by atoms with Crippen molar-refractivity contribution in [3.8, 4) is 0 Å². The normalized spacial score (nSPS) is 11.9. The predicted octanol–water partition coefficient (Wildman–Crippen LogP) is 3.46. The monoisotopic (exact) mass is 481 g/mol. The average Bonchev–Trinajstić information content (AvgIpc) is 2.55. The van der Waals surface area contributed by atoms with Crippen LogP contribution in [0.15, 0.2) is 40.2 Å². The van der Waals surface area contributed by atoms with Crippen LogP contribution in [0.5, 0.6) is 0 Å². The van der Waals surface area contributed by atoms with Gasteiger partial charge in [-0.05, 0) is 31.4 Å². The summed E-state index contributed by atoms with van der Waals surface area (Å²) in [6, 6.07) is 8.55. The van der Waals surface area contributed by atoms with Gasteiger partial charge in [-0.1, -0.05) is 44.9 Å². The summed E-state index contributed by atoms with van der Waals surface area (Å²) in [5, 5.41) is 6.26. The van der Waals surface area contributed by atoms with Crippen molar-refractivity contribution in [2.24, 2.45) is 10.9 Å². The molecule has 0 fully saturated rings. The highest BCUT2D eigenvalue weighted by molar-refractivity contribution is 14.0. The SMILES string of the molecule is CCNC(=NCCCCC(C)C)NCCS(=O)(=O)c1ccccc1.I. The molecule has 0 aliphatic carbocycles. The van der Waals surface area contributed by atoms with Crippen LogP contribution in [0.25, 0.3) is 0 Å². The lowest BCUT2D eigenvalue weighted by molar-refractivity contribution is 0.541. The van der Waals surface area contributed by atoms with E-state index in [9.17, 15) is 8.42 Å². The fourth-order valence-corrected chi connectivity index (χ4v) is 3.42. The fraction of sp³-hybridized carbons (Fsp3) is 0.611. The second kappa shape index (κ2) is 13.4. The highest BCUT2D eigenvalue weighted by Crippen LogP contribution is 2.09. The summed E-state index contributed by atoms with van der Waals surface area (Å²) >= 11 is 0. The average molecular weight is 481 g/mol. The molecular formula is C18H32IN3O2S. The van der Waals surface area contributed by atoms with Gasteiger partial charge in [0.1, 0.15) is 0 Å². The quantitative estimate of drug-likeness (QED) is 0.233. The molecule has 1 aromatic carbocycles. The number of nitrogens with one attached hydrogen (secondary N) is 2. The van der Waals surface area contributed by atoms with Gasteiger partial charge in [-0.25, -0.2) is 8.42 Å². The number of hydrogen-bond acceptors (Lipinski definition) is 3. The van der Waals surface area contributed by atoms with Crippen LogP contribution in [0.3, 0.4) is 0 Å². The molecule has 0 radical (unpaired) electrons. The van der Waals surface area contributed by atoms with Gasteiger partial charge in [-0.3, -0.25) is 4.99 Å². The number of halogens is 1. The number of sulfone groups is 1. The molecule has 25 heavy (non-hydrogen) atoms. The molecule has 1 rings (SSSR count). The highest BCUT2D eigenvalue weighted by atomic mass is 127. The van der Waals surface area contributed by atoms with Crippen LogP contribution in [-0.4, -0.2) is 39.8 Å². The highest BCUT2D eigenvalue weighted by Gasteiger charge is 2.13. The molecule has 1 aromatic rings. The van der Waals surface area contributed by atoms with Gasteiger partial charge < -0.3 is 10.6 Å². The minimum atomic E-state index is -3.25. The lowest BCUT2D eigenvalue weighted by Crippen LogP contribution is -2.39. The Morgan fingerprint density at radius 1 is 1.12 bits per heavy atom. The maximum Gasteiger partial charge on any atom is 0.191 e. The Morgan fingerprint density at radius 3 is 2.40 bits per heavy atom. The summed E-state index contributed by atoms with van der Waals surface area (Å²) in [4.78, 5) is 4.87. The van der Waals surface area contributed by atoms with E-state index in [0.29, 0.717) is 17.4 Å². The molecule has 144 valence electrons. The van der Waals surface area contributed by atoms with Crippen molar-refractivity contribution in [2.75, 3.05) is 25.4 Å². The van der Waals surface area contributed by atoms with Crippen LogP contribution in [0.2, 0.25) is 0 Å². The number of guanidine groups is 1. The molecule has 7 heteroatoms. The van der Waals surface area contributed by atoms with Gasteiger partial charge >= 0.3 is 0 Å². The first kappa shape index (κ1) is 24.2. The molecule has 0 unspecified atom stereocenters. The Morgan fingerprint density at radius 2 is 1.80 bits per heavy atom. The van der Waals surface area contributed by atoms with Crippen molar-refractivity contribution in [3.63, 3.8) is 0 Å². The molecule has 0 saturated heterocycles. The van der Waals surface area contributed by atoms with Crippen molar-refractivity contribution in [3.05, 3.63) is 30.3 Å². The van der Waals surface area contributed by atoms with Crippen molar-refractivity contribution in [2.45, 2.75) is 44.9 Å². The van der Waals surface area contributed by atoms with E-state index in [2.05, 4.69) is 29.5 Å². The minimum absolute atomic E-state index is 0. The van der Waals surface area contributed by atoms with Crippen LogP contribution < -0.4 is 10.6 Å². The molecule has 0 aliphatic heterocycles. The van der Waals surface area contributed by atoms with E-state index >= 15 is 0 Å². The molecule has 0 saturated carbocycles. The molecule has 0 atom stereocenters. The van der Waals surface area contributed by atoms with E-state index in [1.54, 1.807) is 24.3 Å². The van der Waals surface area contributed by atoms with Gasteiger partial charge in [-0.2, -0.15) is 0 Å². The van der Waals surface area contributed by atoms with Gasteiger partial charge in [0.25, 0.3) is 0 Å². The summed E-state index contributed by atoms with van der Waals surface area (Å²) in [5.41, 5.74) is 0. The lowest BCUT2D eigenvalue weighted by Gasteiger charge is -2.11. The maximum atomic E-state index is 12.2. The second-order valence-electron chi connectivity index (χ2n) is 6.21. The Balaban J connectivity index is 0.00000576. The topological polar surface area (TPSA) is 70.6 Å². The third kappa shape index (κ3) is 10.7. The molecule has 0 heterocycles. The van der Waals surface area contributed by atoms with Gasteiger partial charge in [0.15, 0.2) is 15.8 Å². The first-order valence-electron chi connectivity index (χ1n) is 8.75. The summed E-state index contributed by atoms with van der Waals surface area (Å²) < 4.78 is 24.5. The molecule has 0 aliphatic rings. The zero-order valence-corrected chi connectivity index (χ0v) is 18.6. The minimum Gasteiger partial charge on any atom is -0.357 e. The standard InChI is InChI=1S/C18H31N3O2S.HI/c1-4-19-18(20-13-9-8-10-16(2)3)21-14-15-24(22,23)17-11-6-5-7-12-17;/h5-7,11-12,16H,4,8-10,13-15H2,1-3H3,(H2,19,20,21);1H. The zero-order chi connectivity index (χ0) is 17.8. The summed E-state index contributed by atoms with van der Waals surface area (Å²) in [5.74, 6) is 1.46. The van der Waals surface area contributed by atoms with Crippen LogP contribution >= 0.6 is 24.0 Å². The summed E-state index contributed by atoms with van der Waals surface area (Å²) in [7, 11) is -3.25. The van der Waals surface area contributed by atoms with Crippen LogP contribution in [0, 0.1) is 5.92 Å². The van der Waals surface area contributed by atoms with E-state index in [4.69, 9.17) is 0 Å². The Hall–Kier alpha value is -0.830. The first-order chi connectivity index (χ1) is 11.5. The first-order valence-corrected chi connectivity index (χ1v) is 10.4. The second-order valence-corrected chi connectivity index (χ2v) is 8.32. The van der Waals surface area contributed by atoms with Gasteiger partial charge in [-0.15, -0.1) is 24.0 Å². The number of benzene rings is 1. The van der Waals surface area contributed by atoms with Crippen LogP contribution in [0.1, 0.15) is 40.0 Å². The Bertz CT molecular complexity index is 590. The van der Waals surface area contributed by atoms with Crippen molar-refractivity contribution < 1.29 is 8.42 Å². The molecule has 0 aromatic heterocycles. The van der Waals surface area contributed by atoms with E-state index in [-0.39, 0.29) is 29.7 Å². The summed E-state index contributed by atoms with van der Waals surface area (Å²) in [6.07, 6.45) is 3.44. The molecule has 0 amide bonds. The number of aliphatic imine (C=N–C) groups is 1. The molecular weight excluding hydrogens is 449 g/mol. The number of rotatable bonds is 10. The van der Waals surface area contributed by atoms with E-state index < -0.39 is 9.84 Å². The lowest BCUT2D eigenvalue weighted by atomic mass is 10.1. The van der Waals surface area contributed by atoms with Crippen molar-refractivity contribution >= 4 is 39.8 Å². The predicted molar refractivity (Wildman–Crippen MR) is 117 cm³/mol. The Kier molecular flexibility index (Phi) is 12.9. The van der Waals surface area contributed by atoms with Gasteiger partial charge in [0.2, 0.25) is 0 Å². The third-order valence-corrected chi connectivity index (χ3v) is 5.30. The number of nitrogens with zero attached hydrogens (tertiary/aromatic N) is 1. The molecule has 0 bridgehead atoms. The molecule has 0 spiro atoms. The molecule has 2 N–H and O–H groups in total. The smallest absolute Gasteiger partial charge is 0.191 e. The van der Waals surface area contributed by atoms with Crippen molar-refractivity contribution in [1.29, 1.82) is 0 Å². The molecule has 5 nitrogen and oxygen atoms in total. The van der Waals surface area contributed by atoms with E-state index in [1.807, 2.05) is 13.0 Å². The van der Waals surface area contributed by atoms with Crippen molar-refractivity contribution in [1.82, 2.24) is 10.6 Å². The number of hydrogen-bond donors (Lipinski definition) is 2. The third-order valence-electron chi connectivity index (χ3n) is 3.57.